The summed E-state index contributed by atoms with van der Waals surface area (Å²) in [4.78, 5) is 9.39. The normalized spacial score (nSPS) is 15.0. The molecule has 1 aliphatic heterocycles. The van der Waals surface area contributed by atoms with Gasteiger partial charge in [0.05, 0.1) is 19.3 Å². The van der Waals surface area contributed by atoms with E-state index < -0.39 is 0 Å². The lowest BCUT2D eigenvalue weighted by Crippen LogP contribution is -2.47. The summed E-state index contributed by atoms with van der Waals surface area (Å²) in [6, 6.07) is 8.29. The van der Waals surface area contributed by atoms with E-state index in [9.17, 15) is 0 Å². The van der Waals surface area contributed by atoms with Gasteiger partial charge in [0.25, 0.3) is 0 Å². The number of piperidine rings is 1. The van der Waals surface area contributed by atoms with Crippen LogP contribution in [-0.2, 0) is 16.0 Å². The van der Waals surface area contributed by atoms with Crippen LogP contribution in [0, 0.1) is 0 Å². The van der Waals surface area contributed by atoms with Gasteiger partial charge in [-0.3, -0.25) is 0 Å². The molecule has 0 unspecified atom stereocenters. The number of benzene rings is 1. The van der Waals surface area contributed by atoms with Gasteiger partial charge in [0.15, 0.2) is 5.96 Å². The predicted molar refractivity (Wildman–Crippen MR) is 142 cm³/mol. The molecule has 1 heterocycles. The summed E-state index contributed by atoms with van der Waals surface area (Å²) in [5.74, 6) is 1.91. The number of halogens is 1. The number of likely N-dealkylation sites (tertiary alicyclic amines) is 1. The Bertz CT molecular complexity index is 620. The summed E-state index contributed by atoms with van der Waals surface area (Å²) in [6.07, 6.45) is 4.41. The van der Waals surface area contributed by atoms with Crippen molar-refractivity contribution in [3.8, 4) is 5.75 Å². The van der Waals surface area contributed by atoms with Crippen molar-refractivity contribution in [2.75, 3.05) is 67.2 Å². The first-order valence-corrected chi connectivity index (χ1v) is 11.6. The van der Waals surface area contributed by atoms with Gasteiger partial charge in [-0.1, -0.05) is 12.1 Å². The van der Waals surface area contributed by atoms with E-state index >= 15 is 0 Å². The van der Waals surface area contributed by atoms with Crippen LogP contribution in [0.4, 0.5) is 0 Å². The summed E-state index contributed by atoms with van der Waals surface area (Å²) < 4.78 is 16.9. The zero-order valence-electron chi connectivity index (χ0n) is 20.3. The molecule has 1 N–H and O–H groups in total. The van der Waals surface area contributed by atoms with E-state index in [0.717, 1.165) is 83.4 Å². The van der Waals surface area contributed by atoms with Crippen molar-refractivity contribution in [1.29, 1.82) is 0 Å². The van der Waals surface area contributed by atoms with E-state index in [2.05, 4.69) is 48.3 Å². The summed E-state index contributed by atoms with van der Waals surface area (Å²) in [5.41, 5.74) is 1.19. The van der Waals surface area contributed by atoms with Crippen LogP contribution in [0.2, 0.25) is 0 Å². The molecule has 1 aliphatic rings. The van der Waals surface area contributed by atoms with E-state index in [1.165, 1.54) is 5.56 Å². The minimum Gasteiger partial charge on any atom is -0.494 e. The average Bonchev–Trinajstić information content (AvgIpc) is 2.78. The summed E-state index contributed by atoms with van der Waals surface area (Å²) in [5, 5.41) is 3.44. The van der Waals surface area contributed by atoms with Crippen molar-refractivity contribution < 1.29 is 14.2 Å². The minimum atomic E-state index is 0. The maximum Gasteiger partial charge on any atom is 0.194 e. The molecule has 0 aliphatic carbocycles. The Kier molecular flexibility index (Phi) is 15.7. The number of hydrogen-bond acceptors (Lipinski definition) is 5. The van der Waals surface area contributed by atoms with Gasteiger partial charge in [0.2, 0.25) is 0 Å². The second-order valence-corrected chi connectivity index (χ2v) is 8.22. The van der Waals surface area contributed by atoms with Gasteiger partial charge in [0, 0.05) is 46.5 Å². The molecule has 0 amide bonds. The first-order chi connectivity index (χ1) is 15.1. The molecule has 32 heavy (non-hydrogen) atoms. The van der Waals surface area contributed by atoms with Crippen LogP contribution in [0.5, 0.6) is 5.75 Å². The van der Waals surface area contributed by atoms with Crippen LogP contribution >= 0.6 is 24.0 Å². The van der Waals surface area contributed by atoms with Gasteiger partial charge < -0.3 is 29.3 Å². The lowest BCUT2D eigenvalue weighted by Gasteiger charge is -2.34. The van der Waals surface area contributed by atoms with Crippen molar-refractivity contribution >= 4 is 29.9 Å². The standard InChI is InChI=1S/C24H42N4O3.HI/c1-5-25-24(28-15-12-23(13-16-28)31-19-7-17-29-4)26-20-21-8-10-22(11-9-21)30-18-6-14-27(2)3;/h8-11,23H,5-7,12-20H2,1-4H3,(H,25,26);1H. The molecule has 0 saturated carbocycles. The van der Waals surface area contributed by atoms with E-state index in [4.69, 9.17) is 19.2 Å². The van der Waals surface area contributed by atoms with Gasteiger partial charge in [-0.15, -0.1) is 24.0 Å². The lowest BCUT2D eigenvalue weighted by atomic mass is 10.1. The quantitative estimate of drug-likeness (QED) is 0.172. The third-order valence-electron chi connectivity index (χ3n) is 5.28. The predicted octanol–water partition coefficient (Wildman–Crippen LogP) is 3.62. The number of nitrogens with one attached hydrogen (secondary N) is 1. The van der Waals surface area contributed by atoms with Crippen LogP contribution in [0.15, 0.2) is 29.3 Å². The van der Waals surface area contributed by atoms with Crippen molar-refractivity contribution in [3.05, 3.63) is 29.8 Å². The molecule has 1 fully saturated rings. The fourth-order valence-corrected chi connectivity index (χ4v) is 3.54. The third-order valence-corrected chi connectivity index (χ3v) is 5.28. The number of rotatable bonds is 13. The first kappa shape index (κ1) is 28.9. The van der Waals surface area contributed by atoms with Gasteiger partial charge >= 0.3 is 0 Å². The van der Waals surface area contributed by atoms with E-state index in [1.807, 2.05) is 12.1 Å². The Labute approximate surface area is 211 Å². The van der Waals surface area contributed by atoms with Gasteiger partial charge in [-0.2, -0.15) is 0 Å². The van der Waals surface area contributed by atoms with E-state index in [-0.39, 0.29) is 24.0 Å². The van der Waals surface area contributed by atoms with Crippen LogP contribution in [0.3, 0.4) is 0 Å². The molecule has 7 nitrogen and oxygen atoms in total. The number of ether oxygens (including phenoxy) is 3. The molecule has 0 bridgehead atoms. The highest BCUT2D eigenvalue weighted by molar-refractivity contribution is 14.0. The zero-order chi connectivity index (χ0) is 22.3. The molecule has 2 rings (SSSR count). The Morgan fingerprint density at radius 2 is 1.81 bits per heavy atom. The molecule has 0 atom stereocenters. The number of methoxy groups -OCH3 is 1. The van der Waals surface area contributed by atoms with Crippen LogP contribution in [0.25, 0.3) is 0 Å². The largest absolute Gasteiger partial charge is 0.494 e. The highest BCUT2D eigenvalue weighted by Crippen LogP contribution is 2.16. The van der Waals surface area contributed by atoms with Crippen LogP contribution in [0.1, 0.15) is 38.2 Å². The van der Waals surface area contributed by atoms with Gasteiger partial charge in [-0.05, 0) is 64.4 Å². The maximum atomic E-state index is 5.98. The van der Waals surface area contributed by atoms with Gasteiger partial charge in [-0.25, -0.2) is 4.99 Å². The Morgan fingerprint density at radius 1 is 1.09 bits per heavy atom. The summed E-state index contributed by atoms with van der Waals surface area (Å²) in [7, 11) is 5.89. The Hall–Kier alpha value is -1.10. The monoisotopic (exact) mass is 562 g/mol. The van der Waals surface area contributed by atoms with Crippen LogP contribution < -0.4 is 10.1 Å². The maximum absolute atomic E-state index is 5.98. The second kappa shape index (κ2) is 17.4. The van der Waals surface area contributed by atoms with Crippen molar-refractivity contribution in [2.24, 2.45) is 4.99 Å². The molecular weight excluding hydrogens is 519 g/mol. The fourth-order valence-electron chi connectivity index (χ4n) is 3.54. The smallest absolute Gasteiger partial charge is 0.194 e. The molecule has 184 valence electrons. The number of hydrogen-bond donors (Lipinski definition) is 1. The van der Waals surface area contributed by atoms with Crippen molar-refractivity contribution in [3.63, 3.8) is 0 Å². The fraction of sp³-hybridized carbons (Fsp3) is 0.708. The lowest BCUT2D eigenvalue weighted by molar-refractivity contribution is 0.00990. The van der Waals surface area contributed by atoms with Gasteiger partial charge in [0.1, 0.15) is 5.75 Å². The van der Waals surface area contributed by atoms with Crippen molar-refractivity contribution in [2.45, 2.75) is 45.3 Å². The minimum absolute atomic E-state index is 0. The third kappa shape index (κ3) is 11.7. The summed E-state index contributed by atoms with van der Waals surface area (Å²) >= 11 is 0. The van der Waals surface area contributed by atoms with E-state index in [0.29, 0.717) is 12.6 Å². The molecule has 1 saturated heterocycles. The number of aliphatic imine (C=N–C) groups is 1. The molecule has 0 spiro atoms. The highest BCUT2D eigenvalue weighted by atomic mass is 127. The summed E-state index contributed by atoms with van der Waals surface area (Å²) in [6.45, 7) is 8.92. The Morgan fingerprint density at radius 3 is 2.44 bits per heavy atom. The first-order valence-electron chi connectivity index (χ1n) is 11.6. The molecular formula is C24H43IN4O3. The number of nitrogens with zero attached hydrogens (tertiary/aromatic N) is 3. The number of guanidine groups is 1. The molecule has 0 aromatic heterocycles. The molecule has 1 aromatic rings. The van der Waals surface area contributed by atoms with E-state index in [1.54, 1.807) is 7.11 Å². The molecule has 1 aromatic carbocycles. The van der Waals surface area contributed by atoms with Crippen molar-refractivity contribution in [1.82, 2.24) is 15.1 Å². The highest BCUT2D eigenvalue weighted by Gasteiger charge is 2.21. The Balaban J connectivity index is 0.00000512. The topological polar surface area (TPSA) is 58.6 Å². The zero-order valence-corrected chi connectivity index (χ0v) is 22.7. The molecule has 8 heteroatoms. The molecule has 0 radical (unpaired) electrons. The van der Waals surface area contributed by atoms with Crippen LogP contribution in [-0.4, -0.2) is 89.1 Å². The second-order valence-electron chi connectivity index (χ2n) is 8.22. The average molecular weight is 563 g/mol. The SMILES string of the molecule is CCNC(=NCc1ccc(OCCCN(C)C)cc1)N1CCC(OCCCOC)CC1.I.